The van der Waals surface area contributed by atoms with Gasteiger partial charge in [-0.2, -0.15) is 0 Å². The molecule has 9 heavy (non-hydrogen) atoms. The van der Waals surface area contributed by atoms with Gasteiger partial charge in [0, 0.05) is 13.2 Å². The molecule has 0 N–H and O–H groups in total. The average Bonchev–Trinajstić information content (AvgIpc) is 1.89. The first-order chi connectivity index (χ1) is 4.34. The maximum atomic E-state index is 5.31. The van der Waals surface area contributed by atoms with Crippen molar-refractivity contribution >= 4 is 0 Å². The van der Waals surface area contributed by atoms with Crippen LogP contribution in [-0.4, -0.2) is 13.2 Å². The van der Waals surface area contributed by atoms with Gasteiger partial charge in [-0.15, -0.1) is 0 Å². The van der Waals surface area contributed by atoms with Crippen molar-refractivity contribution in [1.82, 2.24) is 0 Å². The second-order valence-electron chi connectivity index (χ2n) is 3.01. The minimum Gasteiger partial charge on any atom is -0.381 e. The Morgan fingerprint density at radius 3 is 2.78 bits per heavy atom. The van der Waals surface area contributed by atoms with Crippen molar-refractivity contribution in [3.05, 3.63) is 0 Å². The Kier molecular flexibility index (Phi) is 2.52. The Bertz CT molecular complexity index is 80.6. The SMILES string of the molecule is CC[C@@H]1CCOC[C@H]1C. The number of rotatable bonds is 1. The second kappa shape index (κ2) is 3.21. The summed E-state index contributed by atoms with van der Waals surface area (Å²) in [6, 6.07) is 0. The summed E-state index contributed by atoms with van der Waals surface area (Å²) in [5, 5.41) is 0. The lowest BCUT2D eigenvalue weighted by molar-refractivity contribution is 0.0232. The quantitative estimate of drug-likeness (QED) is 0.525. The Labute approximate surface area is 57.4 Å². The van der Waals surface area contributed by atoms with E-state index in [2.05, 4.69) is 13.8 Å². The first-order valence-electron chi connectivity index (χ1n) is 3.92. The van der Waals surface area contributed by atoms with Crippen LogP contribution >= 0.6 is 0 Å². The van der Waals surface area contributed by atoms with Crippen molar-refractivity contribution in [2.24, 2.45) is 11.8 Å². The normalized spacial score (nSPS) is 36.7. The van der Waals surface area contributed by atoms with Gasteiger partial charge in [0.05, 0.1) is 0 Å². The van der Waals surface area contributed by atoms with Crippen molar-refractivity contribution in [2.75, 3.05) is 13.2 Å². The molecule has 0 aromatic heterocycles. The minimum atomic E-state index is 0.795. The number of ether oxygens (including phenoxy) is 1. The van der Waals surface area contributed by atoms with Crippen LogP contribution in [0.25, 0.3) is 0 Å². The zero-order valence-electron chi connectivity index (χ0n) is 6.39. The van der Waals surface area contributed by atoms with Crippen LogP contribution in [0.2, 0.25) is 0 Å². The highest BCUT2D eigenvalue weighted by Crippen LogP contribution is 2.23. The Morgan fingerprint density at radius 2 is 2.33 bits per heavy atom. The average molecular weight is 128 g/mol. The molecule has 0 amide bonds. The van der Waals surface area contributed by atoms with Crippen LogP contribution in [0.1, 0.15) is 26.7 Å². The van der Waals surface area contributed by atoms with Crippen molar-refractivity contribution < 1.29 is 4.74 Å². The molecule has 1 aliphatic rings. The van der Waals surface area contributed by atoms with Crippen LogP contribution < -0.4 is 0 Å². The van der Waals surface area contributed by atoms with Gasteiger partial charge in [0.25, 0.3) is 0 Å². The molecule has 1 fully saturated rings. The van der Waals surface area contributed by atoms with E-state index < -0.39 is 0 Å². The molecule has 0 unspecified atom stereocenters. The number of hydrogen-bond acceptors (Lipinski definition) is 1. The summed E-state index contributed by atoms with van der Waals surface area (Å²) >= 11 is 0. The molecule has 54 valence electrons. The summed E-state index contributed by atoms with van der Waals surface area (Å²) in [5.74, 6) is 1.72. The van der Waals surface area contributed by atoms with Gasteiger partial charge in [-0.05, 0) is 18.3 Å². The predicted molar refractivity (Wildman–Crippen MR) is 38.4 cm³/mol. The lowest BCUT2D eigenvalue weighted by Gasteiger charge is -2.27. The molecule has 0 bridgehead atoms. The first kappa shape index (κ1) is 7.07. The van der Waals surface area contributed by atoms with E-state index in [1.54, 1.807) is 0 Å². The summed E-state index contributed by atoms with van der Waals surface area (Å²) in [6.45, 7) is 6.53. The van der Waals surface area contributed by atoms with Crippen LogP contribution in [0.4, 0.5) is 0 Å². The van der Waals surface area contributed by atoms with Crippen LogP contribution in [0.3, 0.4) is 0 Å². The molecule has 1 aliphatic heterocycles. The second-order valence-corrected chi connectivity index (χ2v) is 3.01. The van der Waals surface area contributed by atoms with E-state index in [9.17, 15) is 0 Å². The Hall–Kier alpha value is -0.0400. The van der Waals surface area contributed by atoms with Gasteiger partial charge in [-0.25, -0.2) is 0 Å². The van der Waals surface area contributed by atoms with Crippen molar-refractivity contribution in [1.29, 1.82) is 0 Å². The molecule has 0 spiro atoms. The molecule has 1 heteroatoms. The van der Waals surface area contributed by atoms with Gasteiger partial charge in [-0.3, -0.25) is 0 Å². The largest absolute Gasteiger partial charge is 0.381 e. The molecular formula is C8H16O. The molecule has 1 heterocycles. The molecule has 0 radical (unpaired) electrons. The zero-order valence-corrected chi connectivity index (χ0v) is 6.39. The third-order valence-electron chi connectivity index (χ3n) is 2.34. The Morgan fingerprint density at radius 1 is 1.56 bits per heavy atom. The summed E-state index contributed by atoms with van der Waals surface area (Å²) < 4.78 is 5.31. The molecular weight excluding hydrogens is 112 g/mol. The van der Waals surface area contributed by atoms with Gasteiger partial charge in [0.2, 0.25) is 0 Å². The fourth-order valence-corrected chi connectivity index (χ4v) is 1.53. The molecule has 1 nitrogen and oxygen atoms in total. The minimum absolute atomic E-state index is 0.795. The summed E-state index contributed by atoms with van der Waals surface area (Å²) in [4.78, 5) is 0. The van der Waals surface area contributed by atoms with E-state index in [0.717, 1.165) is 25.0 Å². The van der Waals surface area contributed by atoms with Gasteiger partial charge in [0.15, 0.2) is 0 Å². The lowest BCUT2D eigenvalue weighted by Crippen LogP contribution is -2.24. The lowest BCUT2D eigenvalue weighted by atomic mass is 9.88. The van der Waals surface area contributed by atoms with Crippen molar-refractivity contribution in [3.8, 4) is 0 Å². The van der Waals surface area contributed by atoms with Crippen molar-refractivity contribution in [3.63, 3.8) is 0 Å². The first-order valence-corrected chi connectivity index (χ1v) is 3.92. The zero-order chi connectivity index (χ0) is 6.69. The highest BCUT2D eigenvalue weighted by molar-refractivity contribution is 4.68. The summed E-state index contributed by atoms with van der Waals surface area (Å²) in [5.41, 5.74) is 0. The highest BCUT2D eigenvalue weighted by Gasteiger charge is 2.19. The monoisotopic (exact) mass is 128 g/mol. The van der Waals surface area contributed by atoms with E-state index in [-0.39, 0.29) is 0 Å². The molecule has 2 atom stereocenters. The van der Waals surface area contributed by atoms with Gasteiger partial charge in [0.1, 0.15) is 0 Å². The van der Waals surface area contributed by atoms with Crippen LogP contribution in [0.15, 0.2) is 0 Å². The highest BCUT2D eigenvalue weighted by atomic mass is 16.5. The maximum Gasteiger partial charge on any atom is 0.0494 e. The molecule has 1 saturated heterocycles. The number of hydrogen-bond donors (Lipinski definition) is 0. The summed E-state index contributed by atoms with van der Waals surface area (Å²) in [7, 11) is 0. The maximum absolute atomic E-state index is 5.31. The molecule has 0 aromatic carbocycles. The topological polar surface area (TPSA) is 9.23 Å². The predicted octanol–water partition coefficient (Wildman–Crippen LogP) is 2.07. The van der Waals surface area contributed by atoms with E-state index >= 15 is 0 Å². The molecule has 0 saturated carbocycles. The smallest absolute Gasteiger partial charge is 0.0494 e. The van der Waals surface area contributed by atoms with Gasteiger partial charge >= 0.3 is 0 Å². The fraction of sp³-hybridized carbons (Fsp3) is 1.00. The summed E-state index contributed by atoms with van der Waals surface area (Å²) in [6.07, 6.45) is 2.60. The molecule has 0 aromatic rings. The van der Waals surface area contributed by atoms with E-state index in [1.165, 1.54) is 12.8 Å². The third kappa shape index (κ3) is 1.68. The van der Waals surface area contributed by atoms with E-state index in [1.807, 2.05) is 0 Å². The molecule has 0 aliphatic carbocycles. The van der Waals surface area contributed by atoms with Crippen molar-refractivity contribution in [2.45, 2.75) is 26.7 Å². The van der Waals surface area contributed by atoms with Crippen LogP contribution in [-0.2, 0) is 4.74 Å². The fourth-order valence-electron chi connectivity index (χ4n) is 1.53. The standard InChI is InChI=1S/C8H16O/c1-3-8-4-5-9-6-7(8)2/h7-8H,3-6H2,1-2H3/t7-,8-/m1/s1. The Balaban J connectivity index is 2.30. The van der Waals surface area contributed by atoms with Gasteiger partial charge in [-0.1, -0.05) is 20.3 Å². The van der Waals surface area contributed by atoms with E-state index in [0.29, 0.717) is 0 Å². The van der Waals surface area contributed by atoms with Crippen LogP contribution in [0, 0.1) is 11.8 Å². The third-order valence-corrected chi connectivity index (χ3v) is 2.34. The van der Waals surface area contributed by atoms with Crippen LogP contribution in [0.5, 0.6) is 0 Å². The molecule has 1 rings (SSSR count). The van der Waals surface area contributed by atoms with E-state index in [4.69, 9.17) is 4.74 Å². The van der Waals surface area contributed by atoms with Gasteiger partial charge < -0.3 is 4.74 Å².